The van der Waals surface area contributed by atoms with E-state index in [-0.39, 0.29) is 12.3 Å². The number of anilines is 1. The van der Waals surface area contributed by atoms with Crippen LogP contribution in [0.2, 0.25) is 0 Å². The van der Waals surface area contributed by atoms with E-state index in [9.17, 15) is 14.7 Å². The number of aromatic nitrogens is 2. The molecule has 1 aromatic heterocycles. The molecule has 0 aliphatic heterocycles. The monoisotopic (exact) mass is 483 g/mol. The molecular weight excluding hydrogens is 458 g/mol. The maximum atomic E-state index is 12.6. The van der Waals surface area contributed by atoms with Crippen molar-refractivity contribution >= 4 is 33.5 Å². The lowest BCUT2D eigenvalue weighted by atomic mass is 10.1. The third-order valence-corrected chi connectivity index (χ3v) is 5.85. The molecule has 1 heterocycles. The van der Waals surface area contributed by atoms with Crippen molar-refractivity contribution in [3.63, 3.8) is 0 Å². The van der Waals surface area contributed by atoms with Gasteiger partial charge in [0.05, 0.1) is 24.2 Å². The molecule has 1 amide bonds. The molecule has 6 nitrogen and oxygen atoms in total. The number of rotatable bonds is 8. The van der Waals surface area contributed by atoms with Gasteiger partial charge in [0.2, 0.25) is 0 Å². The van der Waals surface area contributed by atoms with E-state index in [4.69, 9.17) is 0 Å². The smallest absolute Gasteiger partial charge is 0.307 e. The number of carbonyl (C=O) groups excluding carboxylic acids is 1. The number of hydrogen-bond donors (Lipinski definition) is 2. The molecule has 3 aromatic rings. The molecule has 162 valence electrons. The van der Waals surface area contributed by atoms with Gasteiger partial charge in [-0.2, -0.15) is 5.10 Å². The third kappa shape index (κ3) is 5.41. The van der Waals surface area contributed by atoms with Crippen LogP contribution in [0.3, 0.4) is 0 Å². The highest BCUT2D eigenvalue weighted by atomic mass is 79.9. The quantitative estimate of drug-likeness (QED) is 0.471. The van der Waals surface area contributed by atoms with Crippen LogP contribution in [0.15, 0.2) is 46.9 Å². The number of carboxylic acids is 1. The lowest BCUT2D eigenvalue weighted by molar-refractivity contribution is -0.136. The second-order valence-corrected chi connectivity index (χ2v) is 8.30. The summed E-state index contributed by atoms with van der Waals surface area (Å²) in [6.07, 6.45) is 1.41. The molecule has 0 fully saturated rings. The number of carbonyl (C=O) groups is 2. The Balaban J connectivity index is 1.76. The fraction of sp³-hybridized carbons (Fsp3) is 0.292. The average Bonchev–Trinajstić information content (AvgIpc) is 3.06. The van der Waals surface area contributed by atoms with Crippen LogP contribution in [0, 0.1) is 6.92 Å². The highest BCUT2D eigenvalue weighted by molar-refractivity contribution is 9.10. The largest absolute Gasteiger partial charge is 0.481 e. The fourth-order valence-corrected chi connectivity index (χ4v) is 4.06. The molecule has 0 atom stereocenters. The highest BCUT2D eigenvalue weighted by Crippen LogP contribution is 2.21. The topological polar surface area (TPSA) is 84.2 Å². The summed E-state index contributed by atoms with van der Waals surface area (Å²) in [6.45, 7) is 6.50. The third-order valence-electron chi connectivity index (χ3n) is 5.16. The summed E-state index contributed by atoms with van der Waals surface area (Å²) in [6, 6.07) is 13.3. The average molecular weight is 484 g/mol. The highest BCUT2D eigenvalue weighted by Gasteiger charge is 2.18. The molecule has 0 aliphatic rings. The Kier molecular flexibility index (Phi) is 7.28. The van der Waals surface area contributed by atoms with Crippen molar-refractivity contribution in [3.05, 3.63) is 80.6 Å². The minimum absolute atomic E-state index is 0.00810. The molecule has 31 heavy (non-hydrogen) atoms. The van der Waals surface area contributed by atoms with Crippen LogP contribution in [0.25, 0.3) is 0 Å². The van der Waals surface area contributed by atoms with Gasteiger partial charge in [0.15, 0.2) is 0 Å². The molecule has 2 N–H and O–H groups in total. The zero-order valence-corrected chi connectivity index (χ0v) is 19.5. The zero-order valence-electron chi connectivity index (χ0n) is 17.9. The summed E-state index contributed by atoms with van der Waals surface area (Å²) in [7, 11) is 0. The normalized spacial score (nSPS) is 10.8. The van der Waals surface area contributed by atoms with Crippen LogP contribution in [0.4, 0.5) is 5.69 Å². The molecule has 0 aliphatic carbocycles. The van der Waals surface area contributed by atoms with Crippen molar-refractivity contribution in [2.24, 2.45) is 0 Å². The van der Waals surface area contributed by atoms with Crippen LogP contribution in [0.1, 0.15) is 52.3 Å². The number of nitrogens with one attached hydrogen (secondary N) is 1. The van der Waals surface area contributed by atoms with Gasteiger partial charge >= 0.3 is 5.97 Å². The summed E-state index contributed by atoms with van der Waals surface area (Å²) < 4.78 is 2.65. The maximum absolute atomic E-state index is 12.6. The van der Waals surface area contributed by atoms with Crippen molar-refractivity contribution in [3.8, 4) is 0 Å². The Bertz CT molecular complexity index is 1100. The van der Waals surface area contributed by atoms with Crippen LogP contribution in [-0.2, 0) is 30.6 Å². The Hall–Kier alpha value is -2.93. The molecule has 0 unspecified atom stereocenters. The van der Waals surface area contributed by atoms with Gasteiger partial charge in [-0.3, -0.25) is 14.3 Å². The van der Waals surface area contributed by atoms with Gasteiger partial charge in [-0.15, -0.1) is 0 Å². The van der Waals surface area contributed by atoms with Gasteiger partial charge in [0.25, 0.3) is 5.91 Å². The van der Waals surface area contributed by atoms with Gasteiger partial charge < -0.3 is 10.4 Å². The predicted molar refractivity (Wildman–Crippen MR) is 125 cm³/mol. The summed E-state index contributed by atoms with van der Waals surface area (Å²) in [5.74, 6) is -1.01. The second kappa shape index (κ2) is 9.92. The molecule has 0 saturated heterocycles. The Morgan fingerprint density at radius 3 is 2.42 bits per heavy atom. The molecule has 0 spiro atoms. The van der Waals surface area contributed by atoms with E-state index in [0.717, 1.165) is 39.0 Å². The number of amides is 1. The molecule has 3 rings (SSSR count). The van der Waals surface area contributed by atoms with E-state index in [1.807, 2.05) is 67.9 Å². The van der Waals surface area contributed by atoms with E-state index in [0.29, 0.717) is 24.2 Å². The molecular formula is C24H26BrN3O3. The van der Waals surface area contributed by atoms with Crippen LogP contribution in [-0.4, -0.2) is 26.8 Å². The molecule has 0 bridgehead atoms. The van der Waals surface area contributed by atoms with Crippen molar-refractivity contribution in [2.45, 2.75) is 46.6 Å². The zero-order chi connectivity index (χ0) is 22.5. The number of halogens is 1. The summed E-state index contributed by atoms with van der Waals surface area (Å²) in [5, 5.41) is 16.8. The van der Waals surface area contributed by atoms with Crippen molar-refractivity contribution in [1.29, 1.82) is 0 Å². The van der Waals surface area contributed by atoms with E-state index >= 15 is 0 Å². The lowest BCUT2D eigenvalue weighted by Gasteiger charge is -2.10. The van der Waals surface area contributed by atoms with Gasteiger partial charge in [-0.25, -0.2) is 0 Å². The molecule has 7 heteroatoms. The molecule has 2 aromatic carbocycles. The SMILES string of the molecule is CCc1nn(Cc2ccc(NC(=O)c3cc(C)ccc3Br)cc2)c(CC)c1CC(=O)O. The first-order valence-corrected chi connectivity index (χ1v) is 11.1. The van der Waals surface area contributed by atoms with Gasteiger partial charge in [0.1, 0.15) is 0 Å². The molecule has 0 saturated carbocycles. The summed E-state index contributed by atoms with van der Waals surface area (Å²) >= 11 is 3.43. The van der Waals surface area contributed by atoms with E-state index in [2.05, 4.69) is 26.3 Å². The van der Waals surface area contributed by atoms with E-state index < -0.39 is 5.97 Å². The predicted octanol–water partition coefficient (Wildman–Crippen LogP) is 5.01. The first-order valence-electron chi connectivity index (χ1n) is 10.3. The van der Waals surface area contributed by atoms with Gasteiger partial charge in [-0.05, 0) is 65.5 Å². The van der Waals surface area contributed by atoms with Crippen molar-refractivity contribution in [2.75, 3.05) is 5.32 Å². The lowest BCUT2D eigenvalue weighted by Crippen LogP contribution is -2.13. The Morgan fingerprint density at radius 1 is 1.10 bits per heavy atom. The van der Waals surface area contributed by atoms with Crippen LogP contribution >= 0.6 is 15.9 Å². The van der Waals surface area contributed by atoms with Crippen LogP contribution < -0.4 is 5.32 Å². The Labute approximate surface area is 190 Å². The number of benzene rings is 2. The number of aliphatic carboxylic acids is 1. The summed E-state index contributed by atoms with van der Waals surface area (Å²) in [4.78, 5) is 23.9. The first-order chi connectivity index (χ1) is 14.8. The number of carboxylic acid groups (broad SMARTS) is 1. The standard InChI is InChI=1S/C24H26BrN3O3/c1-4-21-19(13-23(29)30)22(5-2)28(27-21)14-16-7-9-17(10-8-16)26-24(31)18-12-15(3)6-11-20(18)25/h6-12H,4-5,13-14H2,1-3H3,(H,26,31)(H,29,30). The molecule has 0 radical (unpaired) electrons. The van der Waals surface area contributed by atoms with Gasteiger partial charge in [0, 0.05) is 21.4 Å². The minimum Gasteiger partial charge on any atom is -0.481 e. The number of hydrogen-bond acceptors (Lipinski definition) is 3. The van der Waals surface area contributed by atoms with E-state index in [1.165, 1.54) is 0 Å². The van der Waals surface area contributed by atoms with Crippen molar-refractivity contribution in [1.82, 2.24) is 9.78 Å². The Morgan fingerprint density at radius 2 is 1.81 bits per heavy atom. The number of aryl methyl sites for hydroxylation is 2. The van der Waals surface area contributed by atoms with Crippen molar-refractivity contribution < 1.29 is 14.7 Å². The maximum Gasteiger partial charge on any atom is 0.307 e. The van der Waals surface area contributed by atoms with Gasteiger partial charge in [-0.1, -0.05) is 37.6 Å². The number of nitrogens with zero attached hydrogens (tertiary/aromatic N) is 2. The van der Waals surface area contributed by atoms with Crippen LogP contribution in [0.5, 0.6) is 0 Å². The van der Waals surface area contributed by atoms with E-state index in [1.54, 1.807) is 0 Å². The second-order valence-electron chi connectivity index (χ2n) is 7.44. The minimum atomic E-state index is -0.843. The first kappa shape index (κ1) is 22.7. The summed E-state index contributed by atoms with van der Waals surface area (Å²) in [5.41, 5.74) is 5.96. The fourth-order valence-electron chi connectivity index (χ4n) is 3.63.